The summed E-state index contributed by atoms with van der Waals surface area (Å²) in [4.78, 5) is 19.5. The standard InChI is InChI=1S/C16H21N3O2.ClH/c1-21-15-12(7-10-3-2-4-13(10)18-15)16(20)19-6-5-11-8-17-9-14(11)19;/h7,11,14,17H,2-6,8-9H2,1H3;1H/t11-,14+;/m0./s1. The van der Waals surface area contributed by atoms with Gasteiger partial charge >= 0.3 is 0 Å². The summed E-state index contributed by atoms with van der Waals surface area (Å²) in [6.45, 7) is 2.81. The molecule has 3 heterocycles. The Morgan fingerprint density at radius 2 is 2.27 bits per heavy atom. The van der Waals surface area contributed by atoms with E-state index < -0.39 is 0 Å². The minimum atomic E-state index is 0. The molecule has 1 aromatic rings. The van der Waals surface area contributed by atoms with Gasteiger partial charge in [0.1, 0.15) is 5.56 Å². The summed E-state index contributed by atoms with van der Waals surface area (Å²) in [7, 11) is 1.60. The van der Waals surface area contributed by atoms with Gasteiger partial charge in [0.25, 0.3) is 5.91 Å². The van der Waals surface area contributed by atoms with Gasteiger partial charge in [0.2, 0.25) is 5.88 Å². The number of halogens is 1. The van der Waals surface area contributed by atoms with Gasteiger partial charge in [0, 0.05) is 31.4 Å². The molecule has 2 saturated heterocycles. The number of aromatic nitrogens is 1. The van der Waals surface area contributed by atoms with E-state index in [0.29, 0.717) is 23.4 Å². The van der Waals surface area contributed by atoms with E-state index in [2.05, 4.69) is 10.3 Å². The molecule has 1 aromatic heterocycles. The van der Waals surface area contributed by atoms with Crippen molar-refractivity contribution in [3.05, 3.63) is 22.9 Å². The van der Waals surface area contributed by atoms with E-state index in [4.69, 9.17) is 4.74 Å². The Bertz CT molecular complexity index is 593. The number of pyridine rings is 1. The number of ether oxygens (including phenoxy) is 1. The topological polar surface area (TPSA) is 54.5 Å². The third-order valence-corrected chi connectivity index (χ3v) is 5.15. The smallest absolute Gasteiger partial charge is 0.259 e. The van der Waals surface area contributed by atoms with Gasteiger partial charge in [0.15, 0.2) is 0 Å². The number of amides is 1. The highest BCUT2D eigenvalue weighted by Crippen LogP contribution is 2.32. The van der Waals surface area contributed by atoms with Gasteiger partial charge in [-0.2, -0.15) is 0 Å². The molecular formula is C16H22ClN3O2. The predicted molar refractivity (Wildman–Crippen MR) is 85.9 cm³/mol. The molecule has 6 heteroatoms. The Morgan fingerprint density at radius 1 is 1.41 bits per heavy atom. The molecule has 0 aromatic carbocycles. The van der Waals surface area contributed by atoms with Crippen molar-refractivity contribution in [1.82, 2.24) is 15.2 Å². The van der Waals surface area contributed by atoms with Crippen LogP contribution in [-0.4, -0.2) is 48.6 Å². The maximum Gasteiger partial charge on any atom is 0.259 e. The fourth-order valence-corrected chi connectivity index (χ4v) is 4.02. The molecule has 5 nitrogen and oxygen atoms in total. The first kappa shape index (κ1) is 15.6. The average molecular weight is 324 g/mol. The van der Waals surface area contributed by atoms with E-state index in [0.717, 1.165) is 51.0 Å². The molecule has 120 valence electrons. The van der Waals surface area contributed by atoms with Crippen LogP contribution >= 0.6 is 12.4 Å². The molecule has 0 radical (unpaired) electrons. The number of hydrogen-bond donors (Lipinski definition) is 1. The van der Waals surface area contributed by atoms with Crippen molar-refractivity contribution in [1.29, 1.82) is 0 Å². The Kier molecular flexibility index (Phi) is 4.28. The van der Waals surface area contributed by atoms with Crippen molar-refractivity contribution < 1.29 is 9.53 Å². The van der Waals surface area contributed by atoms with Crippen LogP contribution in [0.1, 0.15) is 34.5 Å². The summed E-state index contributed by atoms with van der Waals surface area (Å²) >= 11 is 0. The average Bonchev–Trinajstić information content (AvgIpc) is 3.20. The summed E-state index contributed by atoms with van der Waals surface area (Å²) in [5, 5.41) is 3.39. The van der Waals surface area contributed by atoms with Crippen LogP contribution in [0.4, 0.5) is 0 Å². The Morgan fingerprint density at radius 3 is 3.09 bits per heavy atom. The lowest BCUT2D eigenvalue weighted by molar-refractivity contribution is 0.0732. The number of nitrogens with zero attached hydrogens (tertiary/aromatic N) is 2. The molecule has 0 bridgehead atoms. The lowest BCUT2D eigenvalue weighted by Crippen LogP contribution is -2.39. The molecule has 22 heavy (non-hydrogen) atoms. The van der Waals surface area contributed by atoms with Gasteiger partial charge in [-0.05, 0) is 43.2 Å². The van der Waals surface area contributed by atoms with Crippen molar-refractivity contribution in [2.24, 2.45) is 5.92 Å². The summed E-state index contributed by atoms with van der Waals surface area (Å²) in [5.74, 6) is 1.20. The zero-order valence-electron chi connectivity index (χ0n) is 12.8. The van der Waals surface area contributed by atoms with Crippen LogP contribution in [0.15, 0.2) is 6.07 Å². The first-order chi connectivity index (χ1) is 10.3. The largest absolute Gasteiger partial charge is 0.480 e. The van der Waals surface area contributed by atoms with Gasteiger partial charge < -0.3 is 15.0 Å². The van der Waals surface area contributed by atoms with E-state index in [1.807, 2.05) is 11.0 Å². The highest BCUT2D eigenvalue weighted by atomic mass is 35.5. The molecular weight excluding hydrogens is 302 g/mol. The first-order valence-corrected chi connectivity index (χ1v) is 7.86. The lowest BCUT2D eigenvalue weighted by atomic mass is 10.0. The summed E-state index contributed by atoms with van der Waals surface area (Å²) in [5.41, 5.74) is 2.97. The van der Waals surface area contributed by atoms with Crippen LogP contribution in [0, 0.1) is 5.92 Å². The van der Waals surface area contributed by atoms with Gasteiger partial charge in [-0.1, -0.05) is 0 Å². The molecule has 0 spiro atoms. The Hall–Kier alpha value is -1.33. The van der Waals surface area contributed by atoms with Crippen LogP contribution in [0.5, 0.6) is 5.88 Å². The highest BCUT2D eigenvalue weighted by molar-refractivity contribution is 5.97. The summed E-state index contributed by atoms with van der Waals surface area (Å²) < 4.78 is 5.39. The van der Waals surface area contributed by atoms with Crippen molar-refractivity contribution in [2.75, 3.05) is 26.7 Å². The molecule has 2 fully saturated rings. The quantitative estimate of drug-likeness (QED) is 0.894. The molecule has 3 aliphatic rings. The second-order valence-electron chi connectivity index (χ2n) is 6.28. The number of fused-ring (bicyclic) bond motifs is 2. The van der Waals surface area contributed by atoms with Crippen molar-refractivity contribution in [3.8, 4) is 5.88 Å². The van der Waals surface area contributed by atoms with E-state index in [1.165, 1.54) is 5.56 Å². The van der Waals surface area contributed by atoms with Crippen molar-refractivity contribution >= 4 is 18.3 Å². The number of methoxy groups -OCH3 is 1. The van der Waals surface area contributed by atoms with Crippen LogP contribution in [0.2, 0.25) is 0 Å². The van der Waals surface area contributed by atoms with Crippen molar-refractivity contribution in [3.63, 3.8) is 0 Å². The molecule has 1 amide bonds. The second kappa shape index (κ2) is 6.05. The van der Waals surface area contributed by atoms with Gasteiger partial charge in [-0.25, -0.2) is 4.98 Å². The second-order valence-corrected chi connectivity index (χ2v) is 6.28. The number of carbonyl (C=O) groups is 1. The Labute approximate surface area is 136 Å². The van der Waals surface area contributed by atoms with E-state index in [9.17, 15) is 4.79 Å². The number of likely N-dealkylation sites (tertiary alicyclic amines) is 1. The molecule has 2 aliphatic heterocycles. The first-order valence-electron chi connectivity index (χ1n) is 7.86. The predicted octanol–water partition coefficient (Wildman–Crippen LogP) is 1.43. The van der Waals surface area contributed by atoms with E-state index >= 15 is 0 Å². The number of hydrogen-bond acceptors (Lipinski definition) is 4. The van der Waals surface area contributed by atoms with Gasteiger partial charge in [0.05, 0.1) is 7.11 Å². The molecule has 0 saturated carbocycles. The summed E-state index contributed by atoms with van der Waals surface area (Å²) in [6, 6.07) is 2.36. The number of carbonyl (C=O) groups excluding carboxylic acids is 1. The fourth-order valence-electron chi connectivity index (χ4n) is 4.02. The third-order valence-electron chi connectivity index (χ3n) is 5.15. The van der Waals surface area contributed by atoms with Gasteiger partial charge in [-0.3, -0.25) is 4.79 Å². The maximum atomic E-state index is 12.9. The van der Waals surface area contributed by atoms with Crippen LogP contribution < -0.4 is 10.1 Å². The SMILES string of the molecule is COc1nc2c(cc1C(=O)N1CC[C@H]3CNC[C@H]31)CCC2.Cl. The molecule has 4 rings (SSSR count). The van der Waals surface area contributed by atoms with Crippen molar-refractivity contribution in [2.45, 2.75) is 31.7 Å². The number of aryl methyl sites for hydroxylation is 2. The van der Waals surface area contributed by atoms with Crippen LogP contribution in [0.3, 0.4) is 0 Å². The molecule has 2 atom stereocenters. The molecule has 1 aliphatic carbocycles. The van der Waals surface area contributed by atoms with E-state index in [-0.39, 0.29) is 18.3 Å². The van der Waals surface area contributed by atoms with Gasteiger partial charge in [-0.15, -0.1) is 12.4 Å². The normalized spacial score (nSPS) is 25.6. The number of nitrogens with one attached hydrogen (secondary N) is 1. The van der Waals surface area contributed by atoms with Crippen LogP contribution in [-0.2, 0) is 12.8 Å². The number of rotatable bonds is 2. The third kappa shape index (κ3) is 2.36. The molecule has 1 N–H and O–H groups in total. The van der Waals surface area contributed by atoms with Crippen LogP contribution in [0.25, 0.3) is 0 Å². The Balaban J connectivity index is 0.00000144. The maximum absolute atomic E-state index is 12.9. The monoisotopic (exact) mass is 323 g/mol. The minimum Gasteiger partial charge on any atom is -0.480 e. The zero-order valence-corrected chi connectivity index (χ0v) is 13.6. The summed E-state index contributed by atoms with van der Waals surface area (Å²) in [6.07, 6.45) is 4.25. The van der Waals surface area contributed by atoms with E-state index in [1.54, 1.807) is 7.11 Å². The highest BCUT2D eigenvalue weighted by Gasteiger charge is 2.41. The zero-order chi connectivity index (χ0) is 14.4. The lowest BCUT2D eigenvalue weighted by Gasteiger charge is -2.24. The minimum absolute atomic E-state index is 0. The molecule has 0 unspecified atom stereocenters. The fraction of sp³-hybridized carbons (Fsp3) is 0.625.